The van der Waals surface area contributed by atoms with Gasteiger partial charge in [-0.1, -0.05) is 12.1 Å². The Morgan fingerprint density at radius 3 is 2.62 bits per heavy atom. The number of aryl methyl sites for hydroxylation is 1. The van der Waals surface area contributed by atoms with Crippen LogP contribution >= 0.6 is 0 Å². The SMILES string of the molecule is Cc1ccc(C2CN(C(=O)c3ccccc3N3CCOCC3)CC2N)o1. The molecule has 2 atom stereocenters. The minimum Gasteiger partial charge on any atom is -0.466 e. The Morgan fingerprint density at radius 1 is 1.12 bits per heavy atom. The third-order valence-electron chi connectivity index (χ3n) is 5.27. The van der Waals surface area contributed by atoms with Gasteiger partial charge in [-0.2, -0.15) is 0 Å². The molecule has 6 nitrogen and oxygen atoms in total. The van der Waals surface area contributed by atoms with Gasteiger partial charge < -0.3 is 24.7 Å². The van der Waals surface area contributed by atoms with Crippen molar-refractivity contribution in [3.05, 3.63) is 53.5 Å². The number of carbonyl (C=O) groups excluding carboxylic acids is 1. The molecule has 138 valence electrons. The van der Waals surface area contributed by atoms with Gasteiger partial charge in [-0.25, -0.2) is 0 Å². The molecule has 2 N–H and O–H groups in total. The van der Waals surface area contributed by atoms with Crippen molar-refractivity contribution in [1.82, 2.24) is 4.90 Å². The number of nitrogens with zero attached hydrogens (tertiary/aromatic N) is 2. The second-order valence-corrected chi connectivity index (χ2v) is 7.05. The number of rotatable bonds is 3. The first-order valence-corrected chi connectivity index (χ1v) is 9.16. The largest absolute Gasteiger partial charge is 0.466 e. The minimum absolute atomic E-state index is 0.0355. The van der Waals surface area contributed by atoms with Crippen molar-refractivity contribution in [2.24, 2.45) is 5.73 Å². The summed E-state index contributed by atoms with van der Waals surface area (Å²) in [7, 11) is 0. The van der Waals surface area contributed by atoms with E-state index in [0.717, 1.165) is 35.9 Å². The van der Waals surface area contributed by atoms with E-state index in [2.05, 4.69) is 4.90 Å². The fourth-order valence-electron chi connectivity index (χ4n) is 3.85. The Kier molecular flexibility index (Phi) is 4.70. The van der Waals surface area contributed by atoms with Gasteiger partial charge in [-0.3, -0.25) is 4.79 Å². The lowest BCUT2D eigenvalue weighted by Crippen LogP contribution is -2.38. The maximum Gasteiger partial charge on any atom is 0.256 e. The third kappa shape index (κ3) is 3.22. The van der Waals surface area contributed by atoms with Crippen LogP contribution in [0, 0.1) is 6.92 Å². The highest BCUT2D eigenvalue weighted by molar-refractivity contribution is 6.00. The maximum atomic E-state index is 13.2. The highest BCUT2D eigenvalue weighted by Gasteiger charge is 2.36. The molecule has 0 aliphatic carbocycles. The molecule has 6 heteroatoms. The molecule has 2 unspecified atom stereocenters. The van der Waals surface area contributed by atoms with Gasteiger partial charge in [0, 0.05) is 37.9 Å². The number of hydrogen-bond acceptors (Lipinski definition) is 5. The third-order valence-corrected chi connectivity index (χ3v) is 5.27. The smallest absolute Gasteiger partial charge is 0.256 e. The topological polar surface area (TPSA) is 71.9 Å². The molecule has 2 aliphatic rings. The summed E-state index contributed by atoms with van der Waals surface area (Å²) in [5, 5.41) is 0. The van der Waals surface area contributed by atoms with Gasteiger partial charge in [0.25, 0.3) is 5.91 Å². The normalized spacial score (nSPS) is 23.5. The van der Waals surface area contributed by atoms with Crippen molar-refractivity contribution < 1.29 is 13.9 Å². The monoisotopic (exact) mass is 355 g/mol. The molecule has 4 rings (SSSR count). The molecule has 26 heavy (non-hydrogen) atoms. The minimum atomic E-state index is -0.111. The molecule has 0 saturated carbocycles. The molecule has 3 heterocycles. The molecule has 2 aliphatic heterocycles. The lowest BCUT2D eigenvalue weighted by atomic mass is 10.0. The molecule has 2 saturated heterocycles. The number of benzene rings is 1. The quantitative estimate of drug-likeness (QED) is 0.912. The van der Waals surface area contributed by atoms with Crippen LogP contribution in [-0.2, 0) is 4.74 Å². The Morgan fingerprint density at radius 2 is 1.88 bits per heavy atom. The average molecular weight is 355 g/mol. The van der Waals surface area contributed by atoms with Gasteiger partial charge in [0.2, 0.25) is 0 Å². The first-order chi connectivity index (χ1) is 12.6. The highest BCUT2D eigenvalue weighted by atomic mass is 16.5. The molecule has 2 fully saturated rings. The fourth-order valence-corrected chi connectivity index (χ4v) is 3.85. The van der Waals surface area contributed by atoms with E-state index in [9.17, 15) is 4.79 Å². The summed E-state index contributed by atoms with van der Waals surface area (Å²) in [6, 6.07) is 11.6. The Labute approximate surface area is 153 Å². The lowest BCUT2D eigenvalue weighted by Gasteiger charge is -2.31. The summed E-state index contributed by atoms with van der Waals surface area (Å²) in [6.07, 6.45) is 0. The number of hydrogen-bond donors (Lipinski definition) is 1. The fraction of sp³-hybridized carbons (Fsp3) is 0.450. The summed E-state index contributed by atoms with van der Waals surface area (Å²) in [5.41, 5.74) is 8.04. The van der Waals surface area contributed by atoms with Gasteiger partial charge in [-0.15, -0.1) is 0 Å². The van der Waals surface area contributed by atoms with Crippen LogP contribution in [0.3, 0.4) is 0 Å². The van der Waals surface area contributed by atoms with E-state index in [-0.39, 0.29) is 17.9 Å². The van der Waals surface area contributed by atoms with Crippen molar-refractivity contribution in [3.63, 3.8) is 0 Å². The van der Waals surface area contributed by atoms with Gasteiger partial charge >= 0.3 is 0 Å². The number of likely N-dealkylation sites (tertiary alicyclic amines) is 1. The second-order valence-electron chi connectivity index (χ2n) is 7.05. The standard InChI is InChI=1S/C20H25N3O3/c1-14-6-7-19(26-14)16-12-23(13-17(16)21)20(24)15-4-2-3-5-18(15)22-8-10-25-11-9-22/h2-7,16-17H,8-13,21H2,1H3. The number of morpholine rings is 1. The van der Waals surface area contributed by atoms with Crippen LogP contribution in [0.5, 0.6) is 0 Å². The highest BCUT2D eigenvalue weighted by Crippen LogP contribution is 2.30. The molecular weight excluding hydrogens is 330 g/mol. The van der Waals surface area contributed by atoms with Crippen molar-refractivity contribution in [1.29, 1.82) is 0 Å². The second kappa shape index (κ2) is 7.13. The molecule has 1 amide bonds. The maximum absolute atomic E-state index is 13.2. The first-order valence-electron chi connectivity index (χ1n) is 9.16. The van der Waals surface area contributed by atoms with Crippen LogP contribution in [0.25, 0.3) is 0 Å². The molecule has 2 aromatic rings. The predicted molar refractivity (Wildman–Crippen MR) is 99.5 cm³/mol. The van der Waals surface area contributed by atoms with Crippen LogP contribution in [0.1, 0.15) is 27.8 Å². The van der Waals surface area contributed by atoms with Crippen LogP contribution in [0.15, 0.2) is 40.8 Å². The van der Waals surface area contributed by atoms with E-state index < -0.39 is 0 Å². The summed E-state index contributed by atoms with van der Waals surface area (Å²) in [6.45, 7) is 6.04. The number of para-hydroxylation sites is 1. The van der Waals surface area contributed by atoms with Crippen LogP contribution < -0.4 is 10.6 Å². The van der Waals surface area contributed by atoms with Crippen LogP contribution in [0.2, 0.25) is 0 Å². The van der Waals surface area contributed by atoms with Crippen molar-refractivity contribution in [2.45, 2.75) is 18.9 Å². The Balaban J connectivity index is 1.55. The zero-order valence-electron chi connectivity index (χ0n) is 15.1. The number of carbonyl (C=O) groups is 1. The van der Waals surface area contributed by atoms with E-state index in [1.54, 1.807) is 0 Å². The zero-order chi connectivity index (χ0) is 18.1. The summed E-state index contributed by atoms with van der Waals surface area (Å²) < 4.78 is 11.2. The van der Waals surface area contributed by atoms with Crippen molar-refractivity contribution in [3.8, 4) is 0 Å². The van der Waals surface area contributed by atoms with E-state index in [0.29, 0.717) is 26.3 Å². The Bertz CT molecular complexity index is 782. The van der Waals surface area contributed by atoms with Gasteiger partial charge in [0.15, 0.2) is 0 Å². The van der Waals surface area contributed by atoms with E-state index in [1.165, 1.54) is 0 Å². The van der Waals surface area contributed by atoms with E-state index in [4.69, 9.17) is 14.9 Å². The number of anilines is 1. The van der Waals surface area contributed by atoms with E-state index >= 15 is 0 Å². The molecule has 0 radical (unpaired) electrons. The molecule has 1 aromatic carbocycles. The molecule has 0 spiro atoms. The van der Waals surface area contributed by atoms with Crippen molar-refractivity contribution >= 4 is 11.6 Å². The summed E-state index contributed by atoms with van der Waals surface area (Å²) >= 11 is 0. The van der Waals surface area contributed by atoms with Crippen molar-refractivity contribution in [2.75, 3.05) is 44.3 Å². The van der Waals surface area contributed by atoms with Gasteiger partial charge in [0.05, 0.1) is 24.7 Å². The van der Waals surface area contributed by atoms with Gasteiger partial charge in [-0.05, 0) is 31.2 Å². The average Bonchev–Trinajstić information content (AvgIpc) is 3.27. The zero-order valence-corrected chi connectivity index (χ0v) is 15.1. The number of nitrogens with two attached hydrogens (primary N) is 1. The summed E-state index contributed by atoms with van der Waals surface area (Å²) in [5.74, 6) is 1.82. The number of ether oxygens (including phenoxy) is 1. The molecular formula is C20H25N3O3. The predicted octanol–water partition coefficient (Wildman–Crippen LogP) is 1.99. The number of furan rings is 1. The Hall–Kier alpha value is -2.31. The number of amides is 1. The molecule has 1 aromatic heterocycles. The lowest BCUT2D eigenvalue weighted by molar-refractivity contribution is 0.0788. The van der Waals surface area contributed by atoms with E-state index in [1.807, 2.05) is 48.2 Å². The summed E-state index contributed by atoms with van der Waals surface area (Å²) in [4.78, 5) is 17.3. The van der Waals surface area contributed by atoms with Crippen LogP contribution in [-0.4, -0.2) is 56.2 Å². The molecule has 0 bridgehead atoms. The van der Waals surface area contributed by atoms with Crippen LogP contribution in [0.4, 0.5) is 5.69 Å². The van der Waals surface area contributed by atoms with Gasteiger partial charge in [0.1, 0.15) is 11.5 Å². The first kappa shape index (κ1) is 17.1.